The fourth-order valence-corrected chi connectivity index (χ4v) is 3.08. The fourth-order valence-electron chi connectivity index (χ4n) is 2.21. The molecule has 0 radical (unpaired) electrons. The summed E-state index contributed by atoms with van der Waals surface area (Å²) in [4.78, 5) is 4.37. The molecule has 0 spiro atoms. The van der Waals surface area contributed by atoms with Crippen LogP contribution in [-0.2, 0) is 4.74 Å². The number of nitrogens with zero attached hydrogens (tertiary/aromatic N) is 1. The van der Waals surface area contributed by atoms with E-state index >= 15 is 0 Å². The molecular formula is C18H18ClNO3S. The van der Waals surface area contributed by atoms with E-state index in [0.717, 1.165) is 16.7 Å². The Morgan fingerprint density at radius 1 is 1.21 bits per heavy atom. The third-order valence-electron chi connectivity index (χ3n) is 3.55. The molecule has 2 atom stereocenters. The quantitative estimate of drug-likeness (QED) is 0.616. The lowest BCUT2D eigenvalue weighted by Gasteiger charge is -2.16. The van der Waals surface area contributed by atoms with Crippen molar-refractivity contribution >= 4 is 34.5 Å². The number of aliphatic hydroxyl groups is 1. The highest BCUT2D eigenvalue weighted by Crippen LogP contribution is 2.24. The third kappa shape index (κ3) is 4.51. The molecule has 0 unspecified atom stereocenters. The predicted molar refractivity (Wildman–Crippen MR) is 96.6 cm³/mol. The van der Waals surface area contributed by atoms with Crippen LogP contribution in [0.2, 0.25) is 5.02 Å². The van der Waals surface area contributed by atoms with Gasteiger partial charge in [-0.1, -0.05) is 47.6 Å². The number of thioether (sulfide) groups is 1. The maximum atomic E-state index is 10.1. The maximum absolute atomic E-state index is 10.1. The Morgan fingerprint density at radius 3 is 2.71 bits per heavy atom. The first-order valence-electron chi connectivity index (χ1n) is 7.65. The van der Waals surface area contributed by atoms with Crippen molar-refractivity contribution in [1.29, 1.82) is 0 Å². The monoisotopic (exact) mass is 363 g/mol. The highest BCUT2D eigenvalue weighted by atomic mass is 35.5. The van der Waals surface area contributed by atoms with Gasteiger partial charge in [-0.2, -0.15) is 0 Å². The zero-order valence-electron chi connectivity index (χ0n) is 13.2. The Balaban J connectivity index is 1.46. The van der Waals surface area contributed by atoms with Gasteiger partial charge in [0.2, 0.25) is 0 Å². The first kappa shape index (κ1) is 17.3. The van der Waals surface area contributed by atoms with Crippen LogP contribution in [-0.4, -0.2) is 28.6 Å². The first-order valence-corrected chi connectivity index (χ1v) is 9.01. The molecule has 0 aliphatic carbocycles. The number of ether oxygens (including phenoxy) is 1. The topological polar surface area (TPSA) is 55.5 Å². The van der Waals surface area contributed by atoms with E-state index in [2.05, 4.69) is 4.98 Å². The maximum Gasteiger partial charge on any atom is 0.256 e. The number of fused-ring (bicyclic) bond motifs is 1. The molecule has 4 nitrogen and oxygen atoms in total. The van der Waals surface area contributed by atoms with E-state index in [1.807, 2.05) is 55.5 Å². The number of aromatic nitrogens is 1. The third-order valence-corrected chi connectivity index (χ3v) is 4.78. The minimum atomic E-state index is -0.597. The van der Waals surface area contributed by atoms with Gasteiger partial charge < -0.3 is 14.3 Å². The second kappa shape index (κ2) is 8.03. The minimum absolute atomic E-state index is 0.105. The van der Waals surface area contributed by atoms with Crippen LogP contribution in [0.25, 0.3) is 11.1 Å². The Kier molecular flexibility index (Phi) is 5.79. The summed E-state index contributed by atoms with van der Waals surface area (Å²) in [5, 5.41) is 11.3. The number of hydrogen-bond donors (Lipinski definition) is 1. The summed E-state index contributed by atoms with van der Waals surface area (Å²) in [5.41, 5.74) is 2.60. The van der Waals surface area contributed by atoms with Crippen molar-refractivity contribution in [3.63, 3.8) is 0 Å². The summed E-state index contributed by atoms with van der Waals surface area (Å²) in [7, 11) is 0. The number of benzene rings is 2. The van der Waals surface area contributed by atoms with Gasteiger partial charge in [0.25, 0.3) is 5.22 Å². The molecule has 1 heterocycles. The fraction of sp³-hybridized carbons (Fsp3) is 0.278. The molecule has 2 aromatic carbocycles. The molecule has 3 rings (SSSR count). The minimum Gasteiger partial charge on any atom is -0.431 e. The van der Waals surface area contributed by atoms with Gasteiger partial charge in [-0.25, -0.2) is 4.98 Å². The molecule has 0 amide bonds. The van der Waals surface area contributed by atoms with E-state index in [4.69, 9.17) is 20.8 Å². The molecule has 3 aromatic rings. The van der Waals surface area contributed by atoms with Crippen molar-refractivity contribution in [3.8, 4) is 0 Å². The van der Waals surface area contributed by atoms with Gasteiger partial charge in [0.1, 0.15) is 5.52 Å². The standard InChI is InChI=1S/C18H18ClNO3S/c1-12(13-6-8-14(19)9-7-13)22-10-15(21)11-24-18-20-16-4-2-3-5-17(16)23-18/h2-9,12,15,21H,10-11H2,1H3/t12-,15+/m1/s1. The number of aliphatic hydroxyl groups excluding tert-OH is 1. The van der Waals surface area contributed by atoms with Gasteiger partial charge in [0.15, 0.2) is 5.58 Å². The summed E-state index contributed by atoms with van der Waals surface area (Å²) < 4.78 is 11.3. The molecule has 126 valence electrons. The number of para-hydroxylation sites is 2. The van der Waals surface area contributed by atoms with E-state index < -0.39 is 6.10 Å². The van der Waals surface area contributed by atoms with Crippen LogP contribution in [0.3, 0.4) is 0 Å². The summed E-state index contributed by atoms with van der Waals surface area (Å²) in [6, 6.07) is 15.1. The van der Waals surface area contributed by atoms with Crippen molar-refractivity contribution in [3.05, 3.63) is 59.1 Å². The van der Waals surface area contributed by atoms with Gasteiger partial charge >= 0.3 is 0 Å². The summed E-state index contributed by atoms with van der Waals surface area (Å²) in [6.45, 7) is 2.20. The van der Waals surface area contributed by atoms with Crippen LogP contribution in [0.5, 0.6) is 0 Å². The number of oxazole rings is 1. The molecule has 24 heavy (non-hydrogen) atoms. The molecule has 0 saturated heterocycles. The number of rotatable bonds is 7. The van der Waals surface area contributed by atoms with Gasteiger partial charge in [-0.3, -0.25) is 0 Å². The lowest BCUT2D eigenvalue weighted by Crippen LogP contribution is -2.19. The SMILES string of the molecule is C[C@@H](OC[C@H](O)CSc1nc2ccccc2o1)c1ccc(Cl)cc1. The molecule has 1 aromatic heterocycles. The zero-order chi connectivity index (χ0) is 16.9. The largest absolute Gasteiger partial charge is 0.431 e. The Hall–Kier alpha value is -1.53. The average Bonchev–Trinajstić information content (AvgIpc) is 3.01. The zero-order valence-corrected chi connectivity index (χ0v) is 14.8. The molecular weight excluding hydrogens is 346 g/mol. The van der Waals surface area contributed by atoms with Gasteiger partial charge in [0, 0.05) is 10.8 Å². The van der Waals surface area contributed by atoms with Crippen molar-refractivity contribution in [2.75, 3.05) is 12.4 Å². The van der Waals surface area contributed by atoms with Crippen LogP contribution in [0.15, 0.2) is 58.2 Å². The smallest absolute Gasteiger partial charge is 0.256 e. The molecule has 0 aliphatic heterocycles. The predicted octanol–water partition coefficient (Wildman–Crippen LogP) is 4.71. The number of halogens is 1. The molecule has 0 bridgehead atoms. The lowest BCUT2D eigenvalue weighted by molar-refractivity contribution is 0.00618. The Bertz CT molecular complexity index is 757. The molecule has 0 aliphatic rings. The van der Waals surface area contributed by atoms with Crippen molar-refractivity contribution < 1.29 is 14.3 Å². The summed E-state index contributed by atoms with van der Waals surface area (Å²) >= 11 is 7.25. The van der Waals surface area contributed by atoms with Crippen LogP contribution in [0.1, 0.15) is 18.6 Å². The molecule has 1 N–H and O–H groups in total. The Morgan fingerprint density at radius 2 is 1.96 bits per heavy atom. The van der Waals surface area contributed by atoms with Crippen LogP contribution >= 0.6 is 23.4 Å². The van der Waals surface area contributed by atoms with E-state index in [9.17, 15) is 5.11 Å². The van der Waals surface area contributed by atoms with Crippen LogP contribution in [0, 0.1) is 0 Å². The van der Waals surface area contributed by atoms with Gasteiger partial charge in [0.05, 0.1) is 18.8 Å². The van der Waals surface area contributed by atoms with E-state index in [1.165, 1.54) is 11.8 Å². The second-order valence-corrected chi connectivity index (χ2v) is 6.85. The average molecular weight is 364 g/mol. The Labute approximate surface area is 149 Å². The number of hydrogen-bond acceptors (Lipinski definition) is 5. The molecule has 0 saturated carbocycles. The van der Waals surface area contributed by atoms with Crippen molar-refractivity contribution in [1.82, 2.24) is 4.98 Å². The highest BCUT2D eigenvalue weighted by Gasteiger charge is 2.13. The molecule has 6 heteroatoms. The van der Waals surface area contributed by atoms with E-state index in [-0.39, 0.29) is 12.7 Å². The van der Waals surface area contributed by atoms with Crippen LogP contribution in [0.4, 0.5) is 0 Å². The van der Waals surface area contributed by atoms with Crippen molar-refractivity contribution in [2.45, 2.75) is 24.4 Å². The van der Waals surface area contributed by atoms with Crippen molar-refractivity contribution in [2.24, 2.45) is 0 Å². The van der Waals surface area contributed by atoms with Gasteiger partial charge in [-0.15, -0.1) is 0 Å². The lowest BCUT2D eigenvalue weighted by atomic mass is 10.1. The summed E-state index contributed by atoms with van der Waals surface area (Å²) in [6.07, 6.45) is -0.703. The van der Waals surface area contributed by atoms with E-state index in [1.54, 1.807) is 0 Å². The normalized spacial score (nSPS) is 14.0. The van der Waals surface area contributed by atoms with E-state index in [0.29, 0.717) is 16.0 Å². The molecule has 0 fully saturated rings. The van der Waals surface area contributed by atoms with Crippen LogP contribution < -0.4 is 0 Å². The first-order chi connectivity index (χ1) is 11.6. The highest BCUT2D eigenvalue weighted by molar-refractivity contribution is 7.99. The van der Waals surface area contributed by atoms with Gasteiger partial charge in [-0.05, 0) is 36.8 Å². The summed E-state index contributed by atoms with van der Waals surface area (Å²) in [5.74, 6) is 0.458. The second-order valence-electron chi connectivity index (χ2n) is 5.44.